The van der Waals surface area contributed by atoms with E-state index < -0.39 is 11.3 Å². The summed E-state index contributed by atoms with van der Waals surface area (Å²) in [5, 5.41) is 6.56. The lowest BCUT2D eigenvalue weighted by Crippen LogP contribution is -2.35. The first-order valence-corrected chi connectivity index (χ1v) is 19.4. The number of fused-ring (bicyclic) bond motifs is 2. The van der Waals surface area contributed by atoms with Crippen LogP contribution in [0.1, 0.15) is 64.2 Å². The number of nitrogens with one attached hydrogen (secondary N) is 2. The van der Waals surface area contributed by atoms with E-state index in [0.717, 1.165) is 51.9 Å². The first-order chi connectivity index (χ1) is 27.1. The minimum absolute atomic E-state index is 0.0491. The average Bonchev–Trinajstić information content (AvgIpc) is 3.18. The molecule has 4 aromatic rings. The van der Waals surface area contributed by atoms with Crippen LogP contribution in [-0.4, -0.2) is 88.3 Å². The fourth-order valence-corrected chi connectivity index (χ4v) is 7.01. The largest absolute Gasteiger partial charge is 0.490 e. The minimum Gasteiger partial charge on any atom is -0.490 e. The van der Waals surface area contributed by atoms with Crippen molar-refractivity contribution < 1.29 is 37.4 Å². The van der Waals surface area contributed by atoms with Gasteiger partial charge in [0.15, 0.2) is 22.7 Å². The van der Waals surface area contributed by atoms with Crippen LogP contribution in [0.5, 0.6) is 23.0 Å². The van der Waals surface area contributed by atoms with Crippen molar-refractivity contribution in [3.05, 3.63) is 69.4 Å². The van der Waals surface area contributed by atoms with Gasteiger partial charge in [-0.2, -0.15) is 0 Å². The third-order valence-electron chi connectivity index (χ3n) is 10.2. The van der Waals surface area contributed by atoms with Crippen molar-refractivity contribution in [1.82, 2.24) is 9.80 Å². The lowest BCUT2D eigenvalue weighted by molar-refractivity contribution is -0.117. The summed E-state index contributed by atoms with van der Waals surface area (Å²) in [7, 11) is 7.18. The molecule has 2 aromatic heterocycles. The molecule has 0 bridgehead atoms. The molecule has 0 saturated carbocycles. The number of anilines is 2. The summed E-state index contributed by atoms with van der Waals surface area (Å²) in [5.41, 5.74) is -0.683. The maximum Gasteiger partial charge on any atom is 0.360 e. The summed E-state index contributed by atoms with van der Waals surface area (Å²) in [6, 6.07) is 10.3. The minimum atomic E-state index is -0.673. The fourth-order valence-electron chi connectivity index (χ4n) is 7.01. The van der Waals surface area contributed by atoms with E-state index in [1.807, 2.05) is 12.2 Å². The normalized spacial score (nSPS) is 16.0. The Bertz CT molecular complexity index is 1990. The van der Waals surface area contributed by atoms with E-state index in [0.29, 0.717) is 59.5 Å². The number of amides is 2. The number of carbonyl (C=O) groups excluding carboxylic acids is 2. The van der Waals surface area contributed by atoms with Crippen LogP contribution < -0.4 is 40.8 Å². The van der Waals surface area contributed by atoms with Gasteiger partial charge < -0.3 is 48.2 Å². The molecule has 2 aliphatic heterocycles. The van der Waals surface area contributed by atoms with Crippen molar-refractivity contribution in [3.63, 3.8) is 0 Å². The van der Waals surface area contributed by atoms with E-state index in [-0.39, 0.29) is 59.4 Å². The van der Waals surface area contributed by atoms with E-state index in [1.54, 1.807) is 36.4 Å². The summed E-state index contributed by atoms with van der Waals surface area (Å²) < 4.78 is 34.8. The van der Waals surface area contributed by atoms with Crippen LogP contribution >= 0.6 is 0 Å². The predicted molar refractivity (Wildman–Crippen MR) is 214 cm³/mol. The summed E-state index contributed by atoms with van der Waals surface area (Å²) in [6.45, 7) is 3.78. The molecule has 2 aromatic carbocycles. The van der Waals surface area contributed by atoms with Gasteiger partial charge in [-0.05, 0) is 102 Å². The fraction of sp³-hybridized carbons (Fsp3) is 0.476. The van der Waals surface area contributed by atoms with E-state index in [9.17, 15) is 19.2 Å². The number of hydrogen-bond acceptors (Lipinski definition) is 12. The van der Waals surface area contributed by atoms with Crippen LogP contribution in [0.15, 0.2) is 67.0 Å². The number of hydrogen-bond donors (Lipinski definition) is 2. The number of ether oxygens (including phenoxy) is 4. The average molecular weight is 773 g/mol. The lowest BCUT2D eigenvalue weighted by Gasteiger charge is -2.29. The van der Waals surface area contributed by atoms with Crippen LogP contribution in [-0.2, 0) is 9.59 Å². The SMILES string of the molecule is COc1c(OC2CCN(C)CC2)ccc2cc(NC(=O)CCC/C=C/CCCC(=O)Nc3cc4ccc(OC5CCN(C)CC5)c(OC)c4oc3=O)c(=O)oc12. The molecule has 4 heterocycles. The van der Waals surface area contributed by atoms with Gasteiger partial charge in [0.2, 0.25) is 23.3 Å². The molecule has 2 fully saturated rings. The summed E-state index contributed by atoms with van der Waals surface area (Å²) in [6.07, 6.45) is 10.5. The molecule has 0 spiro atoms. The highest BCUT2D eigenvalue weighted by Gasteiger charge is 2.24. The molecule has 0 atom stereocenters. The van der Waals surface area contributed by atoms with Crippen molar-refractivity contribution in [2.45, 2.75) is 76.4 Å². The van der Waals surface area contributed by atoms with Crippen LogP contribution in [0.4, 0.5) is 11.4 Å². The topological polar surface area (TPSA) is 162 Å². The van der Waals surface area contributed by atoms with Gasteiger partial charge in [0.05, 0.1) is 14.2 Å². The van der Waals surface area contributed by atoms with Gasteiger partial charge >= 0.3 is 11.3 Å². The zero-order valence-electron chi connectivity index (χ0n) is 32.6. The second-order valence-corrected chi connectivity index (χ2v) is 14.5. The van der Waals surface area contributed by atoms with Crippen molar-refractivity contribution in [3.8, 4) is 23.0 Å². The highest BCUT2D eigenvalue weighted by Crippen LogP contribution is 2.38. The number of rotatable bonds is 16. The van der Waals surface area contributed by atoms with Crippen molar-refractivity contribution in [2.75, 3.05) is 65.1 Å². The molecule has 2 aliphatic rings. The Balaban J connectivity index is 0.919. The third kappa shape index (κ3) is 10.3. The Kier molecular flexibility index (Phi) is 13.7. The van der Waals surface area contributed by atoms with Gasteiger partial charge in [0.1, 0.15) is 23.6 Å². The maximum atomic E-state index is 12.8. The highest BCUT2D eigenvalue weighted by molar-refractivity contribution is 5.95. The number of allylic oxidation sites excluding steroid dienone is 2. The maximum absolute atomic E-state index is 12.8. The summed E-state index contributed by atoms with van der Waals surface area (Å²) >= 11 is 0. The predicted octanol–water partition coefficient (Wildman–Crippen LogP) is 6.34. The lowest BCUT2D eigenvalue weighted by atomic mass is 10.1. The summed E-state index contributed by atoms with van der Waals surface area (Å²) in [5.74, 6) is 1.15. The van der Waals surface area contributed by atoms with E-state index in [1.165, 1.54) is 14.2 Å². The number of benzene rings is 2. The number of piperidine rings is 2. The molecular formula is C42H52N4O10. The Morgan fingerprint density at radius 2 is 1.07 bits per heavy atom. The van der Waals surface area contributed by atoms with Gasteiger partial charge in [-0.3, -0.25) is 9.59 Å². The van der Waals surface area contributed by atoms with Gasteiger partial charge in [-0.25, -0.2) is 9.59 Å². The molecule has 2 saturated heterocycles. The van der Waals surface area contributed by atoms with Crippen LogP contribution in [0, 0.1) is 0 Å². The second-order valence-electron chi connectivity index (χ2n) is 14.5. The second kappa shape index (κ2) is 19.0. The Hall–Kier alpha value is -5.34. The van der Waals surface area contributed by atoms with Gasteiger partial charge in [0, 0.05) is 49.8 Å². The number of unbranched alkanes of at least 4 members (excludes halogenated alkanes) is 2. The number of likely N-dealkylation sites (tertiary alicyclic amines) is 2. The molecule has 14 heteroatoms. The zero-order valence-corrected chi connectivity index (χ0v) is 32.6. The van der Waals surface area contributed by atoms with E-state index in [4.69, 9.17) is 27.8 Å². The first kappa shape index (κ1) is 40.3. The van der Waals surface area contributed by atoms with Crippen molar-refractivity contribution in [2.24, 2.45) is 0 Å². The Labute approximate surface area is 325 Å². The molecule has 0 unspecified atom stereocenters. The number of carbonyl (C=O) groups is 2. The molecule has 56 heavy (non-hydrogen) atoms. The van der Waals surface area contributed by atoms with E-state index >= 15 is 0 Å². The van der Waals surface area contributed by atoms with Gasteiger partial charge in [-0.15, -0.1) is 0 Å². The van der Waals surface area contributed by atoms with Crippen LogP contribution in [0.3, 0.4) is 0 Å². The quantitative estimate of drug-likeness (QED) is 0.0740. The number of methoxy groups -OCH3 is 2. The smallest absolute Gasteiger partial charge is 0.360 e. The molecule has 0 radical (unpaired) electrons. The molecule has 2 N–H and O–H groups in total. The molecule has 0 aliphatic carbocycles. The molecule has 300 valence electrons. The van der Waals surface area contributed by atoms with Crippen molar-refractivity contribution >= 4 is 45.1 Å². The summed E-state index contributed by atoms with van der Waals surface area (Å²) in [4.78, 5) is 55.5. The highest BCUT2D eigenvalue weighted by atomic mass is 16.5. The molecular weight excluding hydrogens is 720 g/mol. The van der Waals surface area contributed by atoms with Crippen LogP contribution in [0.2, 0.25) is 0 Å². The zero-order chi connectivity index (χ0) is 39.6. The van der Waals surface area contributed by atoms with Crippen molar-refractivity contribution in [1.29, 1.82) is 0 Å². The van der Waals surface area contributed by atoms with Gasteiger partial charge in [-0.1, -0.05) is 12.2 Å². The molecule has 2 amide bonds. The molecule has 6 rings (SSSR count). The Morgan fingerprint density at radius 1 is 0.679 bits per heavy atom. The monoisotopic (exact) mass is 772 g/mol. The third-order valence-corrected chi connectivity index (χ3v) is 10.2. The van der Waals surface area contributed by atoms with Gasteiger partial charge in [0.25, 0.3) is 0 Å². The number of nitrogens with zero attached hydrogens (tertiary/aromatic N) is 2. The first-order valence-electron chi connectivity index (χ1n) is 19.4. The van der Waals surface area contributed by atoms with Crippen LogP contribution in [0.25, 0.3) is 21.9 Å². The Morgan fingerprint density at radius 3 is 1.45 bits per heavy atom. The van der Waals surface area contributed by atoms with E-state index in [2.05, 4.69) is 34.5 Å². The standard InChI is InChI=1S/C42H52N4O10/c1-45-21-17-29(18-22-45)53-33-15-13-27-25-31(41(49)55-37(27)39(33)51-3)43-35(47)11-9-7-5-6-8-10-12-36(48)44-32-26-28-14-16-34(40(52-4)38(28)56-42(32)50)54-30-19-23-46(2)24-20-30/h5-6,13-16,25-26,29-30H,7-12,17-24H2,1-4H3,(H,43,47)(H,44,48)/b6-5+. The molecule has 14 nitrogen and oxygen atoms in total.